The molecular formula is C12H22N4O6S. The van der Waals surface area contributed by atoms with Gasteiger partial charge in [0.05, 0.1) is 6.54 Å². The van der Waals surface area contributed by atoms with Gasteiger partial charge in [-0.2, -0.15) is 13.5 Å². The Kier molecular flexibility index (Phi) is 5.79. The predicted octanol–water partition coefficient (Wildman–Crippen LogP) is -0.895. The molecule has 0 unspecified atom stereocenters. The molecule has 2 aliphatic heterocycles. The lowest BCUT2D eigenvalue weighted by molar-refractivity contribution is -0.130. The Bertz CT molecular complexity index is 548. The summed E-state index contributed by atoms with van der Waals surface area (Å²) in [6.07, 6.45) is 1.87. The molecule has 2 aliphatic rings. The highest BCUT2D eigenvalue weighted by molar-refractivity contribution is 7.80. The molecule has 0 aliphatic carbocycles. The van der Waals surface area contributed by atoms with Crippen LogP contribution in [-0.2, 0) is 19.5 Å². The van der Waals surface area contributed by atoms with Crippen LogP contribution in [0.2, 0.25) is 0 Å². The fraction of sp³-hybridized carbons (Fsp3) is 0.833. The number of nitrogens with zero attached hydrogens (tertiary/aromatic N) is 2. The molecule has 3 N–H and O–H groups in total. The van der Waals surface area contributed by atoms with Crippen molar-refractivity contribution in [3.05, 3.63) is 0 Å². The van der Waals surface area contributed by atoms with Gasteiger partial charge in [-0.15, -0.1) is 4.28 Å². The van der Waals surface area contributed by atoms with E-state index in [1.807, 2.05) is 0 Å². The van der Waals surface area contributed by atoms with Gasteiger partial charge in [0.15, 0.2) is 0 Å². The number of hydroxylamine groups is 2. The summed E-state index contributed by atoms with van der Waals surface area (Å²) >= 11 is 0. The Hall–Kier alpha value is -1.43. The third-order valence-electron chi connectivity index (χ3n) is 3.95. The second kappa shape index (κ2) is 7.43. The molecule has 0 saturated carbocycles. The smallest absolute Gasteiger partial charge is 0.351 e. The number of carbonyl (C=O) groups is 2. The Balaban J connectivity index is 1.99. The van der Waals surface area contributed by atoms with E-state index in [2.05, 4.69) is 14.9 Å². The molecule has 23 heavy (non-hydrogen) atoms. The molecule has 3 amide bonds. The van der Waals surface area contributed by atoms with E-state index in [4.69, 9.17) is 4.55 Å². The van der Waals surface area contributed by atoms with Crippen LogP contribution in [0.1, 0.15) is 26.2 Å². The molecule has 10 nitrogen and oxygen atoms in total. The lowest BCUT2D eigenvalue weighted by Crippen LogP contribution is -2.60. The molecule has 0 aromatic rings. The summed E-state index contributed by atoms with van der Waals surface area (Å²) in [6, 6.07) is -1.37. The topological polar surface area (TPSA) is 128 Å². The summed E-state index contributed by atoms with van der Waals surface area (Å²) in [5, 5.41) is 6.69. The number of hydrogen-bond acceptors (Lipinski definition) is 6. The molecule has 0 spiro atoms. The van der Waals surface area contributed by atoms with Gasteiger partial charge in [0.2, 0.25) is 5.91 Å². The van der Waals surface area contributed by atoms with E-state index in [1.165, 1.54) is 4.90 Å². The third kappa shape index (κ3) is 4.77. The second-order valence-corrected chi connectivity index (χ2v) is 6.51. The van der Waals surface area contributed by atoms with Crippen molar-refractivity contribution >= 4 is 22.3 Å². The normalized spacial score (nSPS) is 23.9. The Morgan fingerprint density at radius 2 is 2.04 bits per heavy atom. The van der Waals surface area contributed by atoms with Crippen molar-refractivity contribution in [1.82, 2.24) is 20.6 Å². The average Bonchev–Trinajstić information content (AvgIpc) is 2.48. The summed E-state index contributed by atoms with van der Waals surface area (Å²) in [4.78, 5) is 25.9. The first kappa shape index (κ1) is 17.9. The van der Waals surface area contributed by atoms with Crippen molar-refractivity contribution in [3.63, 3.8) is 0 Å². The zero-order chi connectivity index (χ0) is 17.0. The van der Waals surface area contributed by atoms with Gasteiger partial charge in [0, 0.05) is 12.6 Å². The van der Waals surface area contributed by atoms with E-state index in [0.717, 1.165) is 25.9 Å². The Labute approximate surface area is 135 Å². The molecule has 132 valence electrons. The van der Waals surface area contributed by atoms with Crippen LogP contribution in [-0.4, -0.2) is 73.1 Å². The maximum absolute atomic E-state index is 12.4. The van der Waals surface area contributed by atoms with Gasteiger partial charge in [0.25, 0.3) is 0 Å². The van der Waals surface area contributed by atoms with Crippen molar-refractivity contribution in [2.24, 2.45) is 0 Å². The molecule has 11 heteroatoms. The standard InChI is InChI=1S/C12H22N4O6S/c1-2-15-10(11(17)14-9-3-6-13-7-4-9)5-8-16(12(15)18)22-23(19,20)21/h9-10,13H,2-8H2,1H3,(H,14,17)(H,19,20,21)/t10-/m0/s1. The minimum absolute atomic E-state index is 0.0738. The monoisotopic (exact) mass is 350 g/mol. The molecule has 2 saturated heterocycles. The molecule has 0 bridgehead atoms. The highest BCUT2D eigenvalue weighted by Crippen LogP contribution is 2.18. The number of amides is 3. The maximum Gasteiger partial charge on any atom is 0.418 e. The van der Waals surface area contributed by atoms with Crippen LogP contribution in [0.4, 0.5) is 4.79 Å². The van der Waals surface area contributed by atoms with Crippen LogP contribution in [0.5, 0.6) is 0 Å². The van der Waals surface area contributed by atoms with Crippen LogP contribution in [0.15, 0.2) is 0 Å². The highest BCUT2D eigenvalue weighted by atomic mass is 32.3. The van der Waals surface area contributed by atoms with Crippen LogP contribution >= 0.6 is 0 Å². The molecule has 0 radical (unpaired) electrons. The van der Waals surface area contributed by atoms with Crippen LogP contribution in [0, 0.1) is 0 Å². The van der Waals surface area contributed by atoms with E-state index in [1.54, 1.807) is 6.92 Å². The van der Waals surface area contributed by atoms with E-state index < -0.39 is 22.5 Å². The quantitative estimate of drug-likeness (QED) is 0.548. The number of rotatable bonds is 5. The Morgan fingerprint density at radius 1 is 1.39 bits per heavy atom. The number of hydrogen-bond donors (Lipinski definition) is 3. The summed E-state index contributed by atoms with van der Waals surface area (Å²) in [7, 11) is -4.78. The molecule has 1 atom stereocenters. The van der Waals surface area contributed by atoms with E-state index in [0.29, 0.717) is 5.06 Å². The van der Waals surface area contributed by atoms with Crippen LogP contribution in [0.3, 0.4) is 0 Å². The summed E-state index contributed by atoms with van der Waals surface area (Å²) in [6.45, 7) is 3.47. The largest absolute Gasteiger partial charge is 0.418 e. The molecular weight excluding hydrogens is 328 g/mol. The van der Waals surface area contributed by atoms with Crippen molar-refractivity contribution in [1.29, 1.82) is 0 Å². The van der Waals surface area contributed by atoms with Gasteiger partial charge in [-0.1, -0.05) is 0 Å². The van der Waals surface area contributed by atoms with Gasteiger partial charge in [-0.25, -0.2) is 4.79 Å². The number of carbonyl (C=O) groups excluding carboxylic acids is 2. The summed E-state index contributed by atoms with van der Waals surface area (Å²) in [5.74, 6) is -0.251. The number of urea groups is 1. The molecule has 2 fully saturated rings. The lowest BCUT2D eigenvalue weighted by atomic mass is 10.0. The van der Waals surface area contributed by atoms with Crippen LogP contribution in [0.25, 0.3) is 0 Å². The molecule has 0 aromatic heterocycles. The van der Waals surface area contributed by atoms with Crippen molar-refractivity contribution in [3.8, 4) is 0 Å². The zero-order valence-corrected chi connectivity index (χ0v) is 13.7. The number of nitrogens with one attached hydrogen (secondary N) is 2. The SMILES string of the molecule is CCN1C(=O)N(OS(=O)(=O)O)CC[C@H]1C(=O)NC1CCNCC1. The zero-order valence-electron chi connectivity index (χ0n) is 12.9. The maximum atomic E-state index is 12.4. The van der Waals surface area contributed by atoms with Gasteiger partial charge in [-0.3, -0.25) is 9.35 Å². The first-order valence-corrected chi connectivity index (χ1v) is 8.94. The minimum Gasteiger partial charge on any atom is -0.351 e. The van der Waals surface area contributed by atoms with E-state index >= 15 is 0 Å². The third-order valence-corrected chi connectivity index (χ3v) is 4.32. The minimum atomic E-state index is -4.78. The van der Waals surface area contributed by atoms with Gasteiger partial charge in [0.1, 0.15) is 6.04 Å². The first-order chi connectivity index (χ1) is 10.8. The van der Waals surface area contributed by atoms with E-state index in [-0.39, 0.29) is 31.5 Å². The van der Waals surface area contributed by atoms with Crippen LogP contribution < -0.4 is 10.6 Å². The van der Waals surface area contributed by atoms with Gasteiger partial charge >= 0.3 is 16.4 Å². The van der Waals surface area contributed by atoms with Gasteiger partial charge in [-0.05, 0) is 39.3 Å². The van der Waals surface area contributed by atoms with E-state index in [9.17, 15) is 18.0 Å². The molecule has 0 aromatic carbocycles. The van der Waals surface area contributed by atoms with Gasteiger partial charge < -0.3 is 15.5 Å². The van der Waals surface area contributed by atoms with Crippen molar-refractivity contribution in [2.45, 2.75) is 38.3 Å². The lowest BCUT2D eigenvalue weighted by Gasteiger charge is -2.39. The Morgan fingerprint density at radius 3 is 2.61 bits per heavy atom. The van der Waals surface area contributed by atoms with Crippen molar-refractivity contribution in [2.75, 3.05) is 26.2 Å². The fourth-order valence-corrected chi connectivity index (χ4v) is 3.21. The number of piperidine rings is 1. The summed E-state index contributed by atoms with van der Waals surface area (Å²) < 4.78 is 34.4. The summed E-state index contributed by atoms with van der Waals surface area (Å²) in [5.41, 5.74) is 0. The number of likely N-dealkylation sites (N-methyl/N-ethyl adjacent to an activating group) is 1. The predicted molar refractivity (Wildman–Crippen MR) is 79.6 cm³/mol. The average molecular weight is 350 g/mol. The fourth-order valence-electron chi connectivity index (χ4n) is 2.84. The second-order valence-electron chi connectivity index (χ2n) is 5.51. The molecule has 2 rings (SSSR count). The highest BCUT2D eigenvalue weighted by Gasteiger charge is 2.39. The first-order valence-electron chi connectivity index (χ1n) is 7.58. The van der Waals surface area contributed by atoms with Crippen molar-refractivity contribution < 1.29 is 26.8 Å². The molecule has 2 heterocycles.